The number of halogens is 1. The van der Waals surface area contributed by atoms with Gasteiger partial charge in [-0.1, -0.05) is 6.07 Å². The monoisotopic (exact) mass is 275 g/mol. The Labute approximate surface area is 115 Å². The quantitative estimate of drug-likeness (QED) is 0.929. The van der Waals surface area contributed by atoms with Gasteiger partial charge in [0, 0.05) is 5.56 Å². The number of hydrogen-bond donors (Lipinski definition) is 1. The van der Waals surface area contributed by atoms with Crippen molar-refractivity contribution in [1.82, 2.24) is 10.2 Å². The summed E-state index contributed by atoms with van der Waals surface area (Å²) in [5.74, 6) is -0.810. The minimum Gasteiger partial charge on any atom is -0.493 e. The van der Waals surface area contributed by atoms with Crippen molar-refractivity contribution >= 4 is 5.91 Å². The predicted molar refractivity (Wildman–Crippen MR) is 72.0 cm³/mol. The lowest BCUT2D eigenvalue weighted by molar-refractivity contribution is 0.0991. The molecule has 0 radical (unpaired) electrons. The Bertz CT molecular complexity index is 686. The number of nitrogens with zero attached hydrogens (tertiary/aromatic N) is 2. The number of aryl methyl sites for hydroxylation is 2. The Morgan fingerprint density at radius 2 is 2.00 bits per heavy atom. The van der Waals surface area contributed by atoms with Crippen LogP contribution in [-0.2, 0) is 0 Å². The van der Waals surface area contributed by atoms with Crippen molar-refractivity contribution in [2.24, 2.45) is 5.73 Å². The number of methoxy groups -OCH3 is 1. The SMILES string of the molecule is COc1c(C(N)=O)nnc(C)c1-c1ccc(F)cc1C. The van der Waals surface area contributed by atoms with Crippen molar-refractivity contribution in [2.75, 3.05) is 7.11 Å². The fraction of sp³-hybridized carbons (Fsp3) is 0.214. The second-order valence-electron chi connectivity index (χ2n) is 4.37. The summed E-state index contributed by atoms with van der Waals surface area (Å²) in [4.78, 5) is 11.4. The Morgan fingerprint density at radius 3 is 2.55 bits per heavy atom. The van der Waals surface area contributed by atoms with Gasteiger partial charge < -0.3 is 10.5 Å². The third kappa shape index (κ3) is 2.32. The van der Waals surface area contributed by atoms with Crippen LogP contribution in [0.25, 0.3) is 11.1 Å². The molecule has 0 atom stereocenters. The number of hydrogen-bond acceptors (Lipinski definition) is 4. The zero-order valence-electron chi connectivity index (χ0n) is 11.4. The molecule has 0 saturated carbocycles. The highest BCUT2D eigenvalue weighted by molar-refractivity contribution is 5.96. The summed E-state index contributed by atoms with van der Waals surface area (Å²) in [7, 11) is 1.42. The molecule has 0 unspecified atom stereocenters. The number of aromatic nitrogens is 2. The van der Waals surface area contributed by atoms with Crippen LogP contribution < -0.4 is 10.5 Å². The van der Waals surface area contributed by atoms with Crippen molar-refractivity contribution in [3.8, 4) is 16.9 Å². The molecule has 0 aliphatic rings. The summed E-state index contributed by atoms with van der Waals surface area (Å²) in [5, 5.41) is 7.68. The van der Waals surface area contributed by atoms with Gasteiger partial charge in [0.2, 0.25) is 0 Å². The van der Waals surface area contributed by atoms with E-state index in [2.05, 4.69) is 10.2 Å². The van der Waals surface area contributed by atoms with E-state index >= 15 is 0 Å². The Hall–Kier alpha value is -2.50. The lowest BCUT2D eigenvalue weighted by Gasteiger charge is -2.14. The van der Waals surface area contributed by atoms with Gasteiger partial charge in [0.05, 0.1) is 12.8 Å². The second kappa shape index (κ2) is 5.24. The maximum Gasteiger partial charge on any atom is 0.273 e. The first kappa shape index (κ1) is 13.9. The number of rotatable bonds is 3. The molecule has 2 aromatic rings. The van der Waals surface area contributed by atoms with Crippen molar-refractivity contribution in [2.45, 2.75) is 13.8 Å². The predicted octanol–water partition coefficient (Wildman–Crippen LogP) is 2.01. The van der Waals surface area contributed by atoms with Crippen LogP contribution in [0, 0.1) is 19.7 Å². The number of primary amides is 1. The first-order valence-electron chi connectivity index (χ1n) is 5.93. The van der Waals surface area contributed by atoms with E-state index in [4.69, 9.17) is 10.5 Å². The molecule has 1 aromatic carbocycles. The topological polar surface area (TPSA) is 78.1 Å². The molecule has 104 valence electrons. The highest BCUT2D eigenvalue weighted by Gasteiger charge is 2.21. The maximum atomic E-state index is 13.2. The van der Waals surface area contributed by atoms with Crippen LogP contribution in [0.2, 0.25) is 0 Å². The normalized spacial score (nSPS) is 10.4. The average Bonchev–Trinajstić information content (AvgIpc) is 2.38. The minimum atomic E-state index is -0.727. The van der Waals surface area contributed by atoms with Crippen LogP contribution in [0.4, 0.5) is 4.39 Å². The van der Waals surface area contributed by atoms with Crippen molar-refractivity contribution in [3.63, 3.8) is 0 Å². The molecule has 1 aromatic heterocycles. The Kier molecular flexibility index (Phi) is 3.65. The molecule has 5 nitrogen and oxygen atoms in total. The maximum absolute atomic E-state index is 13.2. The molecule has 0 bridgehead atoms. The van der Waals surface area contributed by atoms with Crippen molar-refractivity contribution in [3.05, 3.63) is 41.0 Å². The highest BCUT2D eigenvalue weighted by atomic mass is 19.1. The van der Waals surface area contributed by atoms with E-state index < -0.39 is 5.91 Å². The summed E-state index contributed by atoms with van der Waals surface area (Å²) in [6.45, 7) is 3.50. The molecule has 1 heterocycles. The standard InChI is InChI=1S/C14H14FN3O2/c1-7-6-9(15)4-5-10(7)11-8(2)17-18-12(14(16)19)13(11)20-3/h4-6H,1-3H3,(H2,16,19). The van der Waals surface area contributed by atoms with E-state index in [1.165, 1.54) is 19.2 Å². The molecule has 2 N–H and O–H groups in total. The molecule has 0 spiro atoms. The zero-order valence-corrected chi connectivity index (χ0v) is 11.4. The third-order valence-corrected chi connectivity index (χ3v) is 3.00. The van der Waals surface area contributed by atoms with Crippen LogP contribution in [-0.4, -0.2) is 23.2 Å². The van der Waals surface area contributed by atoms with Crippen LogP contribution in [0.15, 0.2) is 18.2 Å². The number of benzene rings is 1. The molecule has 2 rings (SSSR count). The molecule has 20 heavy (non-hydrogen) atoms. The fourth-order valence-electron chi connectivity index (χ4n) is 2.09. The van der Waals surface area contributed by atoms with Crippen LogP contribution >= 0.6 is 0 Å². The van der Waals surface area contributed by atoms with Crippen LogP contribution in [0.5, 0.6) is 5.75 Å². The van der Waals surface area contributed by atoms with E-state index in [0.29, 0.717) is 16.8 Å². The van der Waals surface area contributed by atoms with Gasteiger partial charge in [0.15, 0.2) is 11.4 Å². The van der Waals surface area contributed by atoms with Gasteiger partial charge in [-0.25, -0.2) is 4.39 Å². The van der Waals surface area contributed by atoms with Gasteiger partial charge in [-0.3, -0.25) is 4.79 Å². The summed E-state index contributed by atoms with van der Waals surface area (Å²) in [5.41, 5.74) is 7.81. The van der Waals surface area contributed by atoms with E-state index in [1.54, 1.807) is 19.9 Å². The van der Waals surface area contributed by atoms with Gasteiger partial charge in [0.1, 0.15) is 5.82 Å². The third-order valence-electron chi connectivity index (χ3n) is 3.00. The van der Waals surface area contributed by atoms with Crippen LogP contribution in [0.1, 0.15) is 21.7 Å². The number of nitrogens with two attached hydrogens (primary N) is 1. The van der Waals surface area contributed by atoms with Crippen molar-refractivity contribution in [1.29, 1.82) is 0 Å². The number of carbonyl (C=O) groups is 1. The first-order chi connectivity index (χ1) is 9.45. The van der Waals surface area contributed by atoms with Crippen LogP contribution in [0.3, 0.4) is 0 Å². The van der Waals surface area contributed by atoms with E-state index in [-0.39, 0.29) is 17.3 Å². The fourth-order valence-corrected chi connectivity index (χ4v) is 2.09. The summed E-state index contributed by atoms with van der Waals surface area (Å²) >= 11 is 0. The molecule has 0 aliphatic heterocycles. The van der Waals surface area contributed by atoms with Gasteiger partial charge in [-0.2, -0.15) is 5.10 Å². The average molecular weight is 275 g/mol. The van der Waals surface area contributed by atoms with E-state index in [0.717, 1.165) is 5.56 Å². The van der Waals surface area contributed by atoms with Gasteiger partial charge in [0.25, 0.3) is 5.91 Å². The smallest absolute Gasteiger partial charge is 0.273 e. The molecular weight excluding hydrogens is 261 g/mol. The Morgan fingerprint density at radius 1 is 1.30 bits per heavy atom. The minimum absolute atomic E-state index is 0.0446. The summed E-state index contributed by atoms with van der Waals surface area (Å²) in [6.07, 6.45) is 0. The van der Waals surface area contributed by atoms with E-state index in [1.807, 2.05) is 0 Å². The Balaban J connectivity index is 2.78. The summed E-state index contributed by atoms with van der Waals surface area (Å²) < 4.78 is 18.5. The molecule has 0 aliphatic carbocycles. The molecule has 1 amide bonds. The molecule has 0 saturated heterocycles. The first-order valence-corrected chi connectivity index (χ1v) is 5.93. The number of ether oxygens (including phenoxy) is 1. The number of amides is 1. The molecular formula is C14H14FN3O2. The molecule has 6 heteroatoms. The van der Waals surface area contributed by atoms with Gasteiger partial charge >= 0.3 is 0 Å². The van der Waals surface area contributed by atoms with E-state index in [9.17, 15) is 9.18 Å². The number of carbonyl (C=O) groups excluding carboxylic acids is 1. The van der Waals surface area contributed by atoms with Gasteiger partial charge in [-0.05, 0) is 37.1 Å². The second-order valence-corrected chi connectivity index (χ2v) is 4.37. The molecule has 0 fully saturated rings. The zero-order chi connectivity index (χ0) is 14.9. The van der Waals surface area contributed by atoms with Crippen molar-refractivity contribution < 1.29 is 13.9 Å². The largest absolute Gasteiger partial charge is 0.493 e. The lowest BCUT2D eigenvalue weighted by atomic mass is 9.98. The highest BCUT2D eigenvalue weighted by Crippen LogP contribution is 2.35. The lowest BCUT2D eigenvalue weighted by Crippen LogP contribution is -2.17. The van der Waals surface area contributed by atoms with Gasteiger partial charge in [-0.15, -0.1) is 5.10 Å². The summed E-state index contributed by atoms with van der Waals surface area (Å²) in [6, 6.07) is 4.35.